The Bertz CT molecular complexity index is 628. The minimum atomic E-state index is -0.820. The fraction of sp³-hybridized carbons (Fsp3) is 0.600. The predicted octanol–water partition coefficient (Wildman–Crippen LogP) is 2.12. The number of hydrogen-bond donors (Lipinski definition) is 2. The molecule has 1 unspecified atom stereocenters. The molecule has 1 aromatic carbocycles. The van der Waals surface area contributed by atoms with Crippen LogP contribution in [0.5, 0.6) is 0 Å². The summed E-state index contributed by atoms with van der Waals surface area (Å²) in [7, 11) is 1.83. The van der Waals surface area contributed by atoms with Crippen LogP contribution in [0.15, 0.2) is 24.3 Å². The smallest absolute Gasteiger partial charge is 0.317 e. The molecule has 6 nitrogen and oxygen atoms in total. The maximum absolute atomic E-state index is 13.2. The van der Waals surface area contributed by atoms with Crippen LogP contribution in [-0.2, 0) is 9.59 Å². The zero-order valence-corrected chi connectivity index (χ0v) is 16.3. The lowest BCUT2D eigenvalue weighted by Crippen LogP contribution is -2.48. The molecule has 1 atom stereocenters. The van der Waals surface area contributed by atoms with Crippen molar-refractivity contribution in [1.29, 1.82) is 0 Å². The molecule has 0 bridgehead atoms. The van der Waals surface area contributed by atoms with Crippen LogP contribution in [-0.4, -0.2) is 66.1 Å². The van der Waals surface area contributed by atoms with Crippen molar-refractivity contribution in [1.82, 2.24) is 15.1 Å². The van der Waals surface area contributed by atoms with Gasteiger partial charge in [-0.1, -0.05) is 26.0 Å². The van der Waals surface area contributed by atoms with Crippen LogP contribution >= 0.6 is 0 Å². The molecule has 0 spiro atoms. The van der Waals surface area contributed by atoms with Crippen LogP contribution in [0.2, 0.25) is 0 Å². The van der Waals surface area contributed by atoms with Gasteiger partial charge in [0.15, 0.2) is 0 Å². The van der Waals surface area contributed by atoms with Gasteiger partial charge in [-0.2, -0.15) is 0 Å². The van der Waals surface area contributed by atoms with E-state index in [9.17, 15) is 14.0 Å². The van der Waals surface area contributed by atoms with E-state index >= 15 is 0 Å². The highest BCUT2D eigenvalue weighted by atomic mass is 19.1. The average molecular weight is 379 g/mol. The fourth-order valence-electron chi connectivity index (χ4n) is 3.59. The highest BCUT2D eigenvalue weighted by Crippen LogP contribution is 2.22. The Hall–Kier alpha value is -1.99. The third kappa shape index (κ3) is 6.59. The van der Waals surface area contributed by atoms with E-state index in [2.05, 4.69) is 10.2 Å². The van der Waals surface area contributed by atoms with Gasteiger partial charge in [0, 0.05) is 19.1 Å². The first-order valence-corrected chi connectivity index (χ1v) is 9.45. The van der Waals surface area contributed by atoms with E-state index < -0.39 is 5.97 Å². The molecule has 1 fully saturated rings. The Kier molecular flexibility index (Phi) is 7.74. The molecule has 1 aliphatic rings. The van der Waals surface area contributed by atoms with Gasteiger partial charge in [-0.25, -0.2) is 4.39 Å². The minimum Gasteiger partial charge on any atom is -0.480 e. The van der Waals surface area contributed by atoms with Crippen molar-refractivity contribution in [3.05, 3.63) is 35.6 Å². The second-order valence-electron chi connectivity index (χ2n) is 7.66. The number of aliphatic carboxylic acids is 1. The van der Waals surface area contributed by atoms with Crippen LogP contribution in [0.3, 0.4) is 0 Å². The Labute approximate surface area is 160 Å². The van der Waals surface area contributed by atoms with Gasteiger partial charge in [-0.15, -0.1) is 0 Å². The van der Waals surface area contributed by atoms with Crippen molar-refractivity contribution in [2.45, 2.75) is 38.8 Å². The van der Waals surface area contributed by atoms with Gasteiger partial charge < -0.3 is 10.4 Å². The van der Waals surface area contributed by atoms with E-state index in [1.54, 1.807) is 12.1 Å². The molecule has 0 radical (unpaired) electrons. The molecular weight excluding hydrogens is 349 g/mol. The number of piperidine rings is 1. The van der Waals surface area contributed by atoms with Gasteiger partial charge in [0.2, 0.25) is 5.91 Å². The van der Waals surface area contributed by atoms with E-state index in [0.29, 0.717) is 6.54 Å². The summed E-state index contributed by atoms with van der Waals surface area (Å²) < 4.78 is 13.2. The van der Waals surface area contributed by atoms with Crippen molar-refractivity contribution in [2.24, 2.45) is 5.92 Å². The van der Waals surface area contributed by atoms with E-state index in [1.165, 1.54) is 12.1 Å². The van der Waals surface area contributed by atoms with Crippen LogP contribution in [0, 0.1) is 11.7 Å². The SMILES string of the molecule is CC(C)C(NC(=O)CN1CCC(N(C)CC(=O)O)CC1)c1ccc(F)cc1. The summed E-state index contributed by atoms with van der Waals surface area (Å²) in [6.07, 6.45) is 1.70. The summed E-state index contributed by atoms with van der Waals surface area (Å²) in [6, 6.07) is 6.33. The second-order valence-corrected chi connectivity index (χ2v) is 7.66. The number of rotatable bonds is 8. The Morgan fingerprint density at radius 1 is 1.26 bits per heavy atom. The van der Waals surface area contributed by atoms with E-state index in [0.717, 1.165) is 31.5 Å². The molecule has 1 saturated heterocycles. The molecule has 27 heavy (non-hydrogen) atoms. The summed E-state index contributed by atoms with van der Waals surface area (Å²) in [5, 5.41) is 12.0. The molecule has 2 rings (SSSR count). The number of carbonyl (C=O) groups excluding carboxylic acids is 1. The molecule has 0 saturated carbocycles. The first kappa shape index (κ1) is 21.3. The predicted molar refractivity (Wildman–Crippen MR) is 102 cm³/mol. The molecule has 1 aromatic rings. The summed E-state index contributed by atoms with van der Waals surface area (Å²) >= 11 is 0. The van der Waals surface area contributed by atoms with E-state index in [1.807, 2.05) is 25.8 Å². The normalized spacial score (nSPS) is 17.3. The number of halogens is 1. The molecular formula is C20H30FN3O3. The van der Waals surface area contributed by atoms with Crippen molar-refractivity contribution < 1.29 is 19.1 Å². The lowest BCUT2D eigenvalue weighted by molar-refractivity contribution is -0.138. The van der Waals surface area contributed by atoms with Crippen LogP contribution < -0.4 is 5.32 Å². The summed E-state index contributed by atoms with van der Waals surface area (Å²) in [5.74, 6) is -0.965. The Morgan fingerprint density at radius 3 is 2.37 bits per heavy atom. The number of carbonyl (C=O) groups is 2. The lowest BCUT2D eigenvalue weighted by Gasteiger charge is -2.36. The first-order chi connectivity index (χ1) is 12.8. The number of nitrogens with one attached hydrogen (secondary N) is 1. The van der Waals surface area contributed by atoms with Crippen molar-refractivity contribution in [3.8, 4) is 0 Å². The quantitative estimate of drug-likeness (QED) is 0.724. The van der Waals surface area contributed by atoms with Crippen LogP contribution in [0.1, 0.15) is 38.3 Å². The van der Waals surface area contributed by atoms with Crippen LogP contribution in [0.4, 0.5) is 4.39 Å². The van der Waals surface area contributed by atoms with Gasteiger partial charge in [0.25, 0.3) is 0 Å². The number of carboxylic acids is 1. The summed E-state index contributed by atoms with van der Waals surface area (Å²) in [6.45, 7) is 5.95. The molecule has 2 N–H and O–H groups in total. The number of likely N-dealkylation sites (N-methyl/N-ethyl adjacent to an activating group) is 1. The van der Waals surface area contributed by atoms with E-state index in [-0.39, 0.29) is 36.3 Å². The highest BCUT2D eigenvalue weighted by molar-refractivity contribution is 5.78. The van der Waals surface area contributed by atoms with Gasteiger partial charge in [-0.3, -0.25) is 19.4 Å². The zero-order valence-electron chi connectivity index (χ0n) is 16.3. The molecule has 0 aromatic heterocycles. The lowest BCUT2D eigenvalue weighted by atomic mass is 9.96. The number of nitrogens with zero attached hydrogens (tertiary/aromatic N) is 2. The number of carboxylic acid groups (broad SMARTS) is 1. The topological polar surface area (TPSA) is 72.9 Å². The van der Waals surface area contributed by atoms with Crippen molar-refractivity contribution in [3.63, 3.8) is 0 Å². The van der Waals surface area contributed by atoms with Gasteiger partial charge in [0.05, 0.1) is 19.1 Å². The van der Waals surface area contributed by atoms with Gasteiger partial charge >= 0.3 is 5.97 Å². The van der Waals surface area contributed by atoms with Crippen molar-refractivity contribution in [2.75, 3.05) is 33.2 Å². The highest BCUT2D eigenvalue weighted by Gasteiger charge is 2.25. The number of likely N-dealkylation sites (tertiary alicyclic amines) is 1. The monoisotopic (exact) mass is 379 g/mol. The van der Waals surface area contributed by atoms with Gasteiger partial charge in [-0.05, 0) is 43.5 Å². The molecule has 0 aliphatic carbocycles. The molecule has 150 valence electrons. The van der Waals surface area contributed by atoms with E-state index in [4.69, 9.17) is 5.11 Å². The third-order valence-electron chi connectivity index (χ3n) is 5.14. The summed E-state index contributed by atoms with van der Waals surface area (Å²) in [5.41, 5.74) is 0.897. The minimum absolute atomic E-state index is 0.0406. The number of amides is 1. The maximum atomic E-state index is 13.2. The molecule has 1 aliphatic heterocycles. The van der Waals surface area contributed by atoms with Crippen molar-refractivity contribution >= 4 is 11.9 Å². The van der Waals surface area contributed by atoms with Crippen LogP contribution in [0.25, 0.3) is 0 Å². The number of benzene rings is 1. The zero-order chi connectivity index (χ0) is 20.0. The molecule has 7 heteroatoms. The Balaban J connectivity index is 1.84. The third-order valence-corrected chi connectivity index (χ3v) is 5.14. The summed E-state index contributed by atoms with van der Waals surface area (Å²) in [4.78, 5) is 27.3. The largest absolute Gasteiger partial charge is 0.480 e. The number of hydrogen-bond acceptors (Lipinski definition) is 4. The standard InChI is InChI=1S/C20H30FN3O3/c1-14(2)20(15-4-6-16(21)7-5-15)22-18(25)12-24-10-8-17(9-11-24)23(3)13-19(26)27/h4-7,14,17,20H,8-13H2,1-3H3,(H,22,25)(H,26,27). The maximum Gasteiger partial charge on any atom is 0.317 e. The first-order valence-electron chi connectivity index (χ1n) is 9.45. The second kappa shape index (κ2) is 9.80. The molecule has 1 amide bonds. The average Bonchev–Trinajstić information content (AvgIpc) is 2.60. The van der Waals surface area contributed by atoms with Gasteiger partial charge in [0.1, 0.15) is 5.82 Å². The Morgan fingerprint density at radius 2 is 1.85 bits per heavy atom. The fourth-order valence-corrected chi connectivity index (χ4v) is 3.59. The molecule has 1 heterocycles.